The van der Waals surface area contributed by atoms with E-state index in [1.165, 1.54) is 6.92 Å². The van der Waals surface area contributed by atoms with Crippen molar-refractivity contribution in [3.63, 3.8) is 0 Å². The number of nitrogens with one attached hydrogen (secondary N) is 3. The zero-order valence-corrected chi connectivity index (χ0v) is 31.5. The first-order chi connectivity index (χ1) is 27.7. The van der Waals surface area contributed by atoms with Crippen LogP contribution in [0.25, 0.3) is 90.9 Å². The van der Waals surface area contributed by atoms with Crippen LogP contribution in [0.2, 0.25) is 0 Å². The largest absolute Gasteiger partial charge is 0.478 e. The molecule has 5 heterocycles. The minimum absolute atomic E-state index is 0.132. The number of aromatic carboxylic acids is 1. The zero-order valence-electron chi connectivity index (χ0n) is 31.5. The van der Waals surface area contributed by atoms with Crippen molar-refractivity contribution in [3.8, 4) is 44.5 Å². The minimum atomic E-state index is -0.982. The number of aryl methyl sites for hydroxylation is 2. The van der Waals surface area contributed by atoms with Crippen LogP contribution in [0, 0.1) is 13.8 Å². The quantitative estimate of drug-likeness (QED) is 0.135. The molecular weight excluding hydrogens is 707 g/mol. The van der Waals surface area contributed by atoms with Crippen LogP contribution in [0.5, 0.6) is 0 Å². The lowest BCUT2D eigenvalue weighted by molar-refractivity contribution is -0.114. The molecule has 0 spiro atoms. The Morgan fingerprint density at radius 1 is 0.474 bits per heavy atom. The zero-order chi connectivity index (χ0) is 39.2. The molecule has 276 valence electrons. The Labute approximate surface area is 329 Å². The summed E-state index contributed by atoms with van der Waals surface area (Å²) < 4.78 is 0. The number of H-pyrrole nitrogens is 2. The van der Waals surface area contributed by atoms with Gasteiger partial charge in [-0.2, -0.15) is 0 Å². The number of aromatic amines is 2. The van der Waals surface area contributed by atoms with Crippen LogP contribution >= 0.6 is 0 Å². The van der Waals surface area contributed by atoms with E-state index >= 15 is 0 Å². The molecule has 2 aliphatic rings. The fourth-order valence-corrected chi connectivity index (χ4v) is 7.56. The van der Waals surface area contributed by atoms with E-state index in [-0.39, 0.29) is 11.5 Å². The highest BCUT2D eigenvalue weighted by atomic mass is 16.4. The lowest BCUT2D eigenvalue weighted by Gasteiger charge is -2.08. The molecule has 2 aliphatic heterocycles. The van der Waals surface area contributed by atoms with Crippen LogP contribution in [-0.4, -0.2) is 36.9 Å². The smallest absolute Gasteiger partial charge is 0.335 e. The summed E-state index contributed by atoms with van der Waals surface area (Å²) >= 11 is 0. The maximum Gasteiger partial charge on any atom is 0.335 e. The van der Waals surface area contributed by atoms with Crippen molar-refractivity contribution in [3.05, 3.63) is 161 Å². The first kappa shape index (κ1) is 35.1. The van der Waals surface area contributed by atoms with Gasteiger partial charge < -0.3 is 20.4 Å². The second kappa shape index (κ2) is 14.2. The number of carboxylic acid groups (broad SMARTS) is 1. The Bertz CT molecular complexity index is 2930. The standard InChI is InChI=1S/C49H37N5O3/c1-28-4-8-31(9-5-28)45-37-20-24-41(51-37)47(33-12-14-35(15-13-33)49(56)57)42-25-21-38(52-42)46(32-10-6-29(2)7-11-32)40-23-27-44(54-40)48(43-26-22-39(45)53-43)34-16-18-36(19-17-34)50-30(3)55/h4-27,51,54H,1-3H3,(H,50,55)(H,56,57). The molecule has 0 unspecified atom stereocenters. The van der Waals surface area contributed by atoms with Gasteiger partial charge in [0.25, 0.3) is 0 Å². The minimum Gasteiger partial charge on any atom is -0.478 e. The number of aromatic nitrogens is 4. The molecule has 8 nitrogen and oxygen atoms in total. The second-order valence-electron chi connectivity index (χ2n) is 14.4. The van der Waals surface area contributed by atoms with Crippen molar-refractivity contribution < 1.29 is 14.7 Å². The Kier molecular flexibility index (Phi) is 8.78. The van der Waals surface area contributed by atoms with Crippen LogP contribution in [-0.2, 0) is 4.79 Å². The molecule has 57 heavy (non-hydrogen) atoms. The van der Waals surface area contributed by atoms with E-state index in [1.807, 2.05) is 48.6 Å². The van der Waals surface area contributed by atoms with Crippen molar-refractivity contribution in [2.45, 2.75) is 20.8 Å². The number of hydrogen-bond donors (Lipinski definition) is 4. The lowest BCUT2D eigenvalue weighted by atomic mass is 10.0. The van der Waals surface area contributed by atoms with Crippen molar-refractivity contribution in [2.75, 3.05) is 5.32 Å². The van der Waals surface area contributed by atoms with Crippen LogP contribution in [0.1, 0.15) is 51.2 Å². The van der Waals surface area contributed by atoms with E-state index in [2.05, 4.69) is 114 Å². The van der Waals surface area contributed by atoms with Crippen molar-refractivity contribution in [1.82, 2.24) is 19.9 Å². The monoisotopic (exact) mass is 743 g/mol. The first-order valence-electron chi connectivity index (χ1n) is 18.7. The Balaban J connectivity index is 1.43. The summed E-state index contributed by atoms with van der Waals surface area (Å²) in [6.45, 7) is 5.64. The van der Waals surface area contributed by atoms with Gasteiger partial charge >= 0.3 is 5.97 Å². The van der Waals surface area contributed by atoms with E-state index in [0.29, 0.717) is 5.69 Å². The van der Waals surface area contributed by atoms with Gasteiger partial charge in [0.2, 0.25) is 5.91 Å². The van der Waals surface area contributed by atoms with Gasteiger partial charge in [-0.1, -0.05) is 83.9 Å². The van der Waals surface area contributed by atoms with Crippen LogP contribution in [0.15, 0.2) is 121 Å². The second-order valence-corrected chi connectivity index (χ2v) is 14.4. The maximum absolute atomic E-state index is 11.9. The number of carbonyl (C=O) groups excluding carboxylic acids is 1. The molecule has 4 N–H and O–H groups in total. The van der Waals surface area contributed by atoms with Gasteiger partial charge in [-0.25, -0.2) is 14.8 Å². The SMILES string of the molecule is CC(=O)Nc1ccc(-c2c3nc(c(-c4ccc(C)cc4)c4ccc([nH]4)c(-c4ccc(C(=O)O)cc4)c4nc(c(-c5ccc(C)cc5)c5ccc2[nH]5)C=C4)C=C3)cc1. The summed E-state index contributed by atoms with van der Waals surface area (Å²) in [5.41, 5.74) is 17.1. The van der Waals surface area contributed by atoms with Gasteiger partial charge in [0.1, 0.15) is 0 Å². The summed E-state index contributed by atoms with van der Waals surface area (Å²) in [4.78, 5) is 41.9. The highest BCUT2D eigenvalue weighted by molar-refractivity contribution is 6.00. The highest BCUT2D eigenvalue weighted by Crippen LogP contribution is 2.38. The van der Waals surface area contributed by atoms with E-state index in [4.69, 9.17) is 9.97 Å². The predicted octanol–water partition coefficient (Wildman–Crippen LogP) is 11.6. The average molecular weight is 744 g/mol. The molecule has 8 heteroatoms. The van der Waals surface area contributed by atoms with E-state index in [9.17, 15) is 14.7 Å². The van der Waals surface area contributed by atoms with Crippen molar-refractivity contribution in [1.29, 1.82) is 0 Å². The predicted molar refractivity (Wildman–Crippen MR) is 231 cm³/mol. The molecule has 4 aromatic carbocycles. The van der Waals surface area contributed by atoms with E-state index in [1.54, 1.807) is 12.1 Å². The molecule has 0 fully saturated rings. The summed E-state index contributed by atoms with van der Waals surface area (Å²) in [6, 6.07) is 39.9. The number of nitrogens with zero attached hydrogens (tertiary/aromatic N) is 2. The van der Waals surface area contributed by atoms with E-state index < -0.39 is 5.97 Å². The number of hydrogen-bond acceptors (Lipinski definition) is 4. The maximum atomic E-state index is 11.9. The number of anilines is 1. The molecule has 7 aromatic rings. The Morgan fingerprint density at radius 2 is 0.789 bits per heavy atom. The molecule has 9 rings (SSSR count). The first-order valence-corrected chi connectivity index (χ1v) is 18.7. The van der Waals surface area contributed by atoms with Crippen LogP contribution < -0.4 is 5.32 Å². The van der Waals surface area contributed by atoms with Crippen LogP contribution in [0.4, 0.5) is 5.69 Å². The topological polar surface area (TPSA) is 124 Å². The van der Waals surface area contributed by atoms with Crippen molar-refractivity contribution >= 4 is 63.9 Å². The van der Waals surface area contributed by atoms with Crippen LogP contribution in [0.3, 0.4) is 0 Å². The summed E-state index contributed by atoms with van der Waals surface area (Å²) in [5, 5.41) is 12.6. The number of benzene rings is 4. The normalized spacial score (nSPS) is 11.8. The van der Waals surface area contributed by atoms with Gasteiger partial charge in [-0.15, -0.1) is 0 Å². The summed E-state index contributed by atoms with van der Waals surface area (Å²) in [7, 11) is 0. The third-order valence-electron chi connectivity index (χ3n) is 10.3. The van der Waals surface area contributed by atoms with Gasteiger partial charge in [0.05, 0.1) is 28.3 Å². The average Bonchev–Trinajstić information content (AvgIpc) is 4.05. The Morgan fingerprint density at radius 3 is 1.11 bits per heavy atom. The van der Waals surface area contributed by atoms with Gasteiger partial charge in [0.15, 0.2) is 0 Å². The number of carbonyl (C=O) groups is 2. The number of amides is 1. The molecule has 3 aromatic heterocycles. The number of carboxylic acids is 1. The summed E-state index contributed by atoms with van der Waals surface area (Å²) in [5.74, 6) is -1.11. The fraction of sp³-hybridized carbons (Fsp3) is 0.0612. The Hall–Kier alpha value is -7.58. The fourth-order valence-electron chi connectivity index (χ4n) is 7.56. The molecular formula is C49H37N5O3. The van der Waals surface area contributed by atoms with Gasteiger partial charge in [-0.3, -0.25) is 4.79 Å². The molecule has 0 atom stereocenters. The summed E-state index contributed by atoms with van der Waals surface area (Å²) in [6.07, 6.45) is 8.18. The van der Waals surface area contributed by atoms with Gasteiger partial charge in [0, 0.05) is 56.9 Å². The third-order valence-corrected chi connectivity index (χ3v) is 10.3. The van der Waals surface area contributed by atoms with E-state index in [0.717, 1.165) is 100 Å². The molecule has 0 aliphatic carbocycles. The van der Waals surface area contributed by atoms with Crippen molar-refractivity contribution in [2.24, 2.45) is 0 Å². The molecule has 8 bridgehead atoms. The molecule has 0 saturated carbocycles. The molecule has 0 saturated heterocycles. The lowest BCUT2D eigenvalue weighted by Crippen LogP contribution is -2.05. The number of rotatable bonds is 6. The highest BCUT2D eigenvalue weighted by Gasteiger charge is 2.19. The third kappa shape index (κ3) is 6.74. The molecule has 1 amide bonds. The van der Waals surface area contributed by atoms with Gasteiger partial charge in [-0.05, 0) is 109 Å². The number of fused-ring (bicyclic) bond motifs is 8. The molecule has 0 radical (unpaired) electrons.